The van der Waals surface area contributed by atoms with Crippen LogP contribution in [0.4, 0.5) is 0 Å². The van der Waals surface area contributed by atoms with Gasteiger partial charge in [-0.05, 0) is 44.4 Å². The van der Waals surface area contributed by atoms with Crippen LogP contribution in [0.3, 0.4) is 0 Å². The van der Waals surface area contributed by atoms with Crippen molar-refractivity contribution in [1.82, 2.24) is 9.47 Å². The predicted molar refractivity (Wildman–Crippen MR) is 87.9 cm³/mol. The Labute approximate surface area is 127 Å². The van der Waals surface area contributed by atoms with Gasteiger partial charge in [0.05, 0.1) is 18.7 Å². The van der Waals surface area contributed by atoms with Crippen LogP contribution in [0.5, 0.6) is 0 Å². The largest absolute Gasteiger partial charge is 0.379 e. The molecule has 0 radical (unpaired) electrons. The van der Waals surface area contributed by atoms with E-state index in [1.54, 1.807) is 0 Å². The molecule has 0 spiro atoms. The Hall–Kier alpha value is -1.32. The number of morpholine rings is 1. The average Bonchev–Trinajstić information content (AvgIpc) is 2.88. The zero-order chi connectivity index (χ0) is 14.7. The zero-order valence-electron chi connectivity index (χ0n) is 13.3. The fourth-order valence-electron chi connectivity index (χ4n) is 3.39. The van der Waals surface area contributed by atoms with E-state index in [-0.39, 0.29) is 0 Å². The van der Waals surface area contributed by atoms with Crippen LogP contribution in [0, 0.1) is 6.92 Å². The van der Waals surface area contributed by atoms with Gasteiger partial charge < -0.3 is 9.30 Å². The standard InChI is InChI=1S/C18H26N2O/c1-3-20-14-16(17-8-4-6-15(2)18(17)20)7-5-9-19-10-12-21-13-11-19/h4,6,8,14H,3,5,7,9-13H2,1-2H3. The summed E-state index contributed by atoms with van der Waals surface area (Å²) in [5, 5.41) is 1.44. The molecule has 1 fully saturated rings. The molecule has 0 unspecified atom stereocenters. The van der Waals surface area contributed by atoms with Gasteiger partial charge in [0.25, 0.3) is 0 Å². The van der Waals surface area contributed by atoms with Crippen LogP contribution in [0.25, 0.3) is 10.9 Å². The smallest absolute Gasteiger partial charge is 0.0594 e. The van der Waals surface area contributed by atoms with Crippen molar-refractivity contribution in [1.29, 1.82) is 0 Å². The van der Waals surface area contributed by atoms with Crippen molar-refractivity contribution in [3.63, 3.8) is 0 Å². The first-order valence-corrected chi connectivity index (χ1v) is 8.17. The van der Waals surface area contributed by atoms with E-state index in [4.69, 9.17) is 4.74 Å². The van der Waals surface area contributed by atoms with Crippen LogP contribution >= 0.6 is 0 Å². The van der Waals surface area contributed by atoms with E-state index in [2.05, 4.69) is 47.7 Å². The predicted octanol–water partition coefficient (Wildman–Crippen LogP) is 3.23. The molecule has 0 N–H and O–H groups in total. The molecule has 21 heavy (non-hydrogen) atoms. The van der Waals surface area contributed by atoms with Gasteiger partial charge in [-0.15, -0.1) is 0 Å². The second-order valence-electron chi connectivity index (χ2n) is 5.97. The van der Waals surface area contributed by atoms with E-state index in [0.717, 1.165) is 32.8 Å². The number of hydrogen-bond acceptors (Lipinski definition) is 2. The van der Waals surface area contributed by atoms with Gasteiger partial charge in [-0.3, -0.25) is 4.90 Å². The summed E-state index contributed by atoms with van der Waals surface area (Å²) in [6.45, 7) is 10.7. The molecule has 0 amide bonds. The lowest BCUT2D eigenvalue weighted by Gasteiger charge is -2.26. The Morgan fingerprint density at radius 2 is 2.00 bits per heavy atom. The summed E-state index contributed by atoms with van der Waals surface area (Å²) < 4.78 is 7.81. The third-order valence-electron chi connectivity index (χ3n) is 4.55. The Bertz CT molecular complexity index is 597. The topological polar surface area (TPSA) is 17.4 Å². The summed E-state index contributed by atoms with van der Waals surface area (Å²) in [7, 11) is 0. The highest BCUT2D eigenvalue weighted by atomic mass is 16.5. The molecule has 1 saturated heterocycles. The van der Waals surface area contributed by atoms with Crippen molar-refractivity contribution in [2.45, 2.75) is 33.2 Å². The average molecular weight is 286 g/mol. The van der Waals surface area contributed by atoms with Gasteiger partial charge in [0, 0.05) is 31.2 Å². The minimum atomic E-state index is 0.897. The Balaban J connectivity index is 1.70. The molecule has 3 heteroatoms. The number of hydrogen-bond donors (Lipinski definition) is 0. The monoisotopic (exact) mass is 286 g/mol. The lowest BCUT2D eigenvalue weighted by molar-refractivity contribution is 0.0375. The number of aromatic nitrogens is 1. The maximum atomic E-state index is 5.41. The molecule has 0 atom stereocenters. The number of benzene rings is 1. The van der Waals surface area contributed by atoms with Crippen LogP contribution in [0.15, 0.2) is 24.4 Å². The van der Waals surface area contributed by atoms with E-state index in [9.17, 15) is 0 Å². The van der Waals surface area contributed by atoms with Gasteiger partial charge in [0.15, 0.2) is 0 Å². The Morgan fingerprint density at radius 3 is 2.76 bits per heavy atom. The molecule has 1 aromatic heterocycles. The number of nitrogens with zero attached hydrogens (tertiary/aromatic N) is 2. The fourth-order valence-corrected chi connectivity index (χ4v) is 3.39. The number of fused-ring (bicyclic) bond motifs is 1. The minimum Gasteiger partial charge on any atom is -0.379 e. The number of rotatable bonds is 5. The second kappa shape index (κ2) is 6.63. The van der Waals surface area contributed by atoms with E-state index >= 15 is 0 Å². The molecule has 0 saturated carbocycles. The molecule has 2 heterocycles. The highest BCUT2D eigenvalue weighted by molar-refractivity contribution is 5.86. The first kappa shape index (κ1) is 14.6. The quantitative estimate of drug-likeness (QED) is 0.839. The number of ether oxygens (including phenoxy) is 1. The summed E-state index contributed by atoms with van der Waals surface area (Å²) in [6, 6.07) is 6.67. The minimum absolute atomic E-state index is 0.897. The SMILES string of the molecule is CCn1cc(CCCN2CCOCC2)c2cccc(C)c21. The first-order chi connectivity index (χ1) is 10.3. The zero-order valence-corrected chi connectivity index (χ0v) is 13.3. The fraction of sp³-hybridized carbons (Fsp3) is 0.556. The maximum Gasteiger partial charge on any atom is 0.0594 e. The van der Waals surface area contributed by atoms with Gasteiger partial charge in [-0.2, -0.15) is 0 Å². The molecule has 1 aliphatic heterocycles. The number of aryl methyl sites for hydroxylation is 3. The molecule has 0 bridgehead atoms. The molecular formula is C18H26N2O. The molecule has 114 valence electrons. The molecule has 3 rings (SSSR count). The van der Waals surface area contributed by atoms with Gasteiger partial charge >= 0.3 is 0 Å². The van der Waals surface area contributed by atoms with Crippen molar-refractivity contribution in [2.75, 3.05) is 32.8 Å². The lowest BCUT2D eigenvalue weighted by Crippen LogP contribution is -2.36. The van der Waals surface area contributed by atoms with Crippen molar-refractivity contribution in [2.24, 2.45) is 0 Å². The van der Waals surface area contributed by atoms with Crippen LogP contribution < -0.4 is 0 Å². The highest BCUT2D eigenvalue weighted by Gasteiger charge is 2.12. The highest BCUT2D eigenvalue weighted by Crippen LogP contribution is 2.25. The van der Waals surface area contributed by atoms with E-state index in [1.807, 2.05) is 0 Å². The van der Waals surface area contributed by atoms with Crippen LogP contribution in [-0.2, 0) is 17.7 Å². The van der Waals surface area contributed by atoms with Crippen LogP contribution in [0.2, 0.25) is 0 Å². The summed E-state index contributed by atoms with van der Waals surface area (Å²) in [4.78, 5) is 2.52. The van der Waals surface area contributed by atoms with Crippen molar-refractivity contribution in [3.8, 4) is 0 Å². The summed E-state index contributed by atoms with van der Waals surface area (Å²) in [5.41, 5.74) is 4.30. The van der Waals surface area contributed by atoms with E-state index < -0.39 is 0 Å². The first-order valence-electron chi connectivity index (χ1n) is 8.17. The Kier molecular flexibility index (Phi) is 4.61. The molecule has 0 aliphatic carbocycles. The lowest BCUT2D eigenvalue weighted by atomic mass is 10.1. The van der Waals surface area contributed by atoms with Gasteiger partial charge in [0.1, 0.15) is 0 Å². The van der Waals surface area contributed by atoms with E-state index in [1.165, 1.54) is 41.4 Å². The van der Waals surface area contributed by atoms with E-state index in [0.29, 0.717) is 0 Å². The van der Waals surface area contributed by atoms with Gasteiger partial charge in [-0.1, -0.05) is 18.2 Å². The number of para-hydroxylation sites is 1. The molecule has 1 aromatic carbocycles. The van der Waals surface area contributed by atoms with Crippen LogP contribution in [0.1, 0.15) is 24.5 Å². The third-order valence-corrected chi connectivity index (χ3v) is 4.55. The van der Waals surface area contributed by atoms with Crippen molar-refractivity contribution < 1.29 is 4.74 Å². The summed E-state index contributed by atoms with van der Waals surface area (Å²) in [5.74, 6) is 0. The molecule has 3 nitrogen and oxygen atoms in total. The third kappa shape index (κ3) is 3.14. The van der Waals surface area contributed by atoms with Gasteiger partial charge in [-0.25, -0.2) is 0 Å². The van der Waals surface area contributed by atoms with Crippen LogP contribution in [-0.4, -0.2) is 42.3 Å². The summed E-state index contributed by atoms with van der Waals surface area (Å²) >= 11 is 0. The van der Waals surface area contributed by atoms with Crippen molar-refractivity contribution in [3.05, 3.63) is 35.5 Å². The molecular weight excluding hydrogens is 260 g/mol. The normalized spacial score (nSPS) is 16.7. The summed E-state index contributed by atoms with van der Waals surface area (Å²) in [6.07, 6.45) is 4.76. The van der Waals surface area contributed by atoms with Crippen molar-refractivity contribution >= 4 is 10.9 Å². The van der Waals surface area contributed by atoms with Gasteiger partial charge in [0.2, 0.25) is 0 Å². The molecule has 1 aliphatic rings. The second-order valence-corrected chi connectivity index (χ2v) is 5.97. The molecule has 2 aromatic rings. The maximum absolute atomic E-state index is 5.41. The Morgan fingerprint density at radius 1 is 1.19 bits per heavy atom.